The van der Waals surface area contributed by atoms with Crippen LogP contribution in [0.3, 0.4) is 0 Å². The molecule has 1 unspecified atom stereocenters. The minimum atomic E-state index is -0.107. The van der Waals surface area contributed by atoms with E-state index in [1.807, 2.05) is 13.8 Å². The van der Waals surface area contributed by atoms with Crippen LogP contribution in [0.25, 0.3) is 0 Å². The fourth-order valence-corrected chi connectivity index (χ4v) is 3.48. The van der Waals surface area contributed by atoms with E-state index in [0.717, 1.165) is 49.8 Å². The highest BCUT2D eigenvalue weighted by molar-refractivity contribution is 7.11. The van der Waals surface area contributed by atoms with Gasteiger partial charge in [0.2, 0.25) is 0 Å². The molecule has 6 nitrogen and oxygen atoms in total. The third-order valence-corrected chi connectivity index (χ3v) is 5.00. The molecule has 2 N–H and O–H groups in total. The van der Waals surface area contributed by atoms with Crippen molar-refractivity contribution in [2.45, 2.75) is 39.3 Å². The van der Waals surface area contributed by atoms with Crippen LogP contribution in [-0.4, -0.2) is 55.3 Å². The summed E-state index contributed by atoms with van der Waals surface area (Å²) in [5.74, 6) is 0. The summed E-state index contributed by atoms with van der Waals surface area (Å²) in [4.78, 5) is 20.0. The lowest BCUT2D eigenvalue weighted by molar-refractivity contribution is 0.123. The van der Waals surface area contributed by atoms with Crippen LogP contribution < -0.4 is 10.6 Å². The van der Waals surface area contributed by atoms with Crippen molar-refractivity contribution in [1.82, 2.24) is 20.5 Å². The number of rotatable bonds is 6. The van der Waals surface area contributed by atoms with Gasteiger partial charge in [0.15, 0.2) is 0 Å². The van der Waals surface area contributed by atoms with E-state index >= 15 is 0 Å². The first-order chi connectivity index (χ1) is 10.6. The number of aryl methyl sites for hydroxylation is 2. The number of nitrogens with one attached hydrogen (secondary N) is 2. The molecule has 2 rings (SSSR count). The molecule has 0 spiro atoms. The van der Waals surface area contributed by atoms with E-state index in [4.69, 9.17) is 4.74 Å². The Morgan fingerprint density at radius 3 is 3.00 bits per heavy atom. The predicted octanol–water partition coefficient (Wildman–Crippen LogP) is 1.67. The van der Waals surface area contributed by atoms with E-state index in [0.29, 0.717) is 6.54 Å². The maximum atomic E-state index is 12.0. The maximum absolute atomic E-state index is 12.0. The van der Waals surface area contributed by atoms with E-state index in [-0.39, 0.29) is 12.1 Å². The second-order valence-electron chi connectivity index (χ2n) is 5.71. The summed E-state index contributed by atoms with van der Waals surface area (Å²) in [6.07, 6.45) is 2.14. The Morgan fingerprint density at radius 2 is 2.32 bits per heavy atom. The van der Waals surface area contributed by atoms with Crippen molar-refractivity contribution < 1.29 is 9.53 Å². The van der Waals surface area contributed by atoms with Crippen molar-refractivity contribution in [3.8, 4) is 0 Å². The highest BCUT2D eigenvalue weighted by atomic mass is 32.1. The molecule has 0 bridgehead atoms. The van der Waals surface area contributed by atoms with Gasteiger partial charge in [0.25, 0.3) is 0 Å². The summed E-state index contributed by atoms with van der Waals surface area (Å²) >= 11 is 1.64. The average molecular weight is 326 g/mol. The third-order valence-electron chi connectivity index (χ3n) is 3.93. The van der Waals surface area contributed by atoms with E-state index in [1.165, 1.54) is 4.88 Å². The molecule has 7 heteroatoms. The number of nitrogens with zero attached hydrogens (tertiary/aromatic N) is 2. The van der Waals surface area contributed by atoms with Crippen molar-refractivity contribution >= 4 is 17.4 Å². The number of piperidine rings is 1. The fraction of sp³-hybridized carbons (Fsp3) is 0.733. The summed E-state index contributed by atoms with van der Waals surface area (Å²) in [7, 11) is 1.72. The number of carbonyl (C=O) groups excluding carboxylic acids is 1. The number of thiazole rings is 1. The smallest absolute Gasteiger partial charge is 0.315 e. The molecule has 0 aliphatic carbocycles. The first kappa shape index (κ1) is 17.2. The number of aromatic nitrogens is 1. The zero-order valence-electron chi connectivity index (χ0n) is 13.6. The summed E-state index contributed by atoms with van der Waals surface area (Å²) in [5.41, 5.74) is 1.04. The molecular formula is C15H26N4O2S. The standard InChI is InChI=1S/C15H26N4O2S/c1-11-12(2)22-14(17-11)9-16-15(20)18-13-5-4-6-19(10-13)7-8-21-3/h13H,4-10H2,1-3H3,(H2,16,18,20). The van der Waals surface area contributed by atoms with Gasteiger partial charge in [-0.25, -0.2) is 9.78 Å². The molecule has 2 heterocycles. The molecule has 0 aromatic carbocycles. The van der Waals surface area contributed by atoms with Crippen LogP contribution >= 0.6 is 11.3 Å². The Hall–Kier alpha value is -1.18. The second kappa shape index (κ2) is 8.45. The normalized spacial score (nSPS) is 19.1. The minimum Gasteiger partial charge on any atom is -0.383 e. The van der Waals surface area contributed by atoms with Crippen LogP contribution in [0.5, 0.6) is 0 Å². The average Bonchev–Trinajstić information content (AvgIpc) is 2.82. The Kier molecular flexibility index (Phi) is 6.60. The lowest BCUT2D eigenvalue weighted by Crippen LogP contribution is -2.50. The van der Waals surface area contributed by atoms with Crippen molar-refractivity contribution in [3.05, 3.63) is 15.6 Å². The molecule has 1 aromatic rings. The van der Waals surface area contributed by atoms with Gasteiger partial charge in [0, 0.05) is 31.1 Å². The molecule has 1 aromatic heterocycles. The van der Waals surface area contributed by atoms with E-state index in [1.54, 1.807) is 18.4 Å². The highest BCUT2D eigenvalue weighted by Gasteiger charge is 2.21. The summed E-state index contributed by atoms with van der Waals surface area (Å²) in [6.45, 7) is 8.17. The van der Waals surface area contributed by atoms with E-state index in [2.05, 4.69) is 20.5 Å². The lowest BCUT2D eigenvalue weighted by atomic mass is 10.1. The molecule has 1 atom stereocenters. The van der Waals surface area contributed by atoms with Crippen molar-refractivity contribution in [1.29, 1.82) is 0 Å². The first-order valence-corrected chi connectivity index (χ1v) is 8.58. The summed E-state index contributed by atoms with van der Waals surface area (Å²) < 4.78 is 5.11. The van der Waals surface area contributed by atoms with Crippen molar-refractivity contribution in [3.63, 3.8) is 0 Å². The number of amides is 2. The van der Waals surface area contributed by atoms with Crippen molar-refractivity contribution in [2.75, 3.05) is 33.4 Å². The number of carbonyl (C=O) groups is 1. The molecule has 124 valence electrons. The van der Waals surface area contributed by atoms with Gasteiger partial charge in [-0.2, -0.15) is 0 Å². The maximum Gasteiger partial charge on any atom is 0.315 e. The van der Waals surface area contributed by atoms with Gasteiger partial charge in [0.1, 0.15) is 5.01 Å². The molecule has 1 fully saturated rings. The Balaban J connectivity index is 1.72. The van der Waals surface area contributed by atoms with Crippen LogP contribution in [-0.2, 0) is 11.3 Å². The second-order valence-corrected chi connectivity index (χ2v) is 7.00. The zero-order valence-corrected chi connectivity index (χ0v) is 14.5. The van der Waals surface area contributed by atoms with E-state index in [9.17, 15) is 4.79 Å². The molecule has 0 saturated carbocycles. The number of hydrogen-bond acceptors (Lipinski definition) is 5. The Labute approximate surface area is 136 Å². The van der Waals surface area contributed by atoms with Gasteiger partial charge in [-0.1, -0.05) is 0 Å². The predicted molar refractivity (Wildman–Crippen MR) is 88.3 cm³/mol. The van der Waals surface area contributed by atoms with Crippen LogP contribution in [0.1, 0.15) is 28.4 Å². The number of methoxy groups -OCH3 is 1. The molecule has 0 radical (unpaired) electrons. The van der Waals surface area contributed by atoms with Crippen LogP contribution in [0.15, 0.2) is 0 Å². The number of likely N-dealkylation sites (tertiary alicyclic amines) is 1. The summed E-state index contributed by atoms with van der Waals surface area (Å²) in [5, 5.41) is 6.91. The number of ether oxygens (including phenoxy) is 1. The first-order valence-electron chi connectivity index (χ1n) is 7.77. The van der Waals surface area contributed by atoms with Gasteiger partial charge in [-0.15, -0.1) is 11.3 Å². The largest absolute Gasteiger partial charge is 0.383 e. The third kappa shape index (κ3) is 5.23. The molecular weight excluding hydrogens is 300 g/mol. The fourth-order valence-electron chi connectivity index (χ4n) is 2.60. The zero-order chi connectivity index (χ0) is 15.9. The van der Waals surface area contributed by atoms with Gasteiger partial charge < -0.3 is 15.4 Å². The van der Waals surface area contributed by atoms with Crippen LogP contribution in [0.4, 0.5) is 4.79 Å². The van der Waals surface area contributed by atoms with Crippen LogP contribution in [0, 0.1) is 13.8 Å². The molecule has 22 heavy (non-hydrogen) atoms. The van der Waals surface area contributed by atoms with Gasteiger partial charge in [-0.05, 0) is 33.2 Å². The Morgan fingerprint density at radius 1 is 1.50 bits per heavy atom. The number of hydrogen-bond donors (Lipinski definition) is 2. The molecule has 1 aliphatic rings. The Bertz CT molecular complexity index is 472. The topological polar surface area (TPSA) is 66.5 Å². The SMILES string of the molecule is COCCN1CCCC(NC(=O)NCc2nc(C)c(C)s2)C1. The summed E-state index contributed by atoms with van der Waals surface area (Å²) in [6, 6.07) is 0.106. The molecule has 1 saturated heterocycles. The van der Waals surface area contributed by atoms with Gasteiger partial charge in [-0.3, -0.25) is 4.90 Å². The van der Waals surface area contributed by atoms with Crippen molar-refractivity contribution in [2.24, 2.45) is 0 Å². The monoisotopic (exact) mass is 326 g/mol. The molecule has 2 amide bonds. The molecule has 1 aliphatic heterocycles. The minimum absolute atomic E-state index is 0.107. The quantitative estimate of drug-likeness (QED) is 0.834. The lowest BCUT2D eigenvalue weighted by Gasteiger charge is -2.32. The van der Waals surface area contributed by atoms with Gasteiger partial charge in [0.05, 0.1) is 18.8 Å². The van der Waals surface area contributed by atoms with Gasteiger partial charge >= 0.3 is 6.03 Å². The highest BCUT2D eigenvalue weighted by Crippen LogP contribution is 2.16. The number of urea groups is 1. The van der Waals surface area contributed by atoms with Crippen LogP contribution in [0.2, 0.25) is 0 Å². The van der Waals surface area contributed by atoms with E-state index < -0.39 is 0 Å².